The quantitative estimate of drug-likeness (QED) is 0.913. The third-order valence-corrected chi connectivity index (χ3v) is 3.12. The van der Waals surface area contributed by atoms with E-state index < -0.39 is 12.5 Å². The summed E-state index contributed by atoms with van der Waals surface area (Å²) in [4.78, 5) is 11.0. The molecule has 1 aromatic heterocycles. The molecule has 0 saturated heterocycles. The number of aromatic carboxylic acids is 1. The molecule has 94 valence electrons. The van der Waals surface area contributed by atoms with Crippen molar-refractivity contribution in [3.63, 3.8) is 0 Å². The molecule has 3 rings (SSSR count). The Kier molecular flexibility index (Phi) is 2.33. The lowest BCUT2D eigenvalue weighted by Gasteiger charge is -2.02. The van der Waals surface area contributed by atoms with Crippen molar-refractivity contribution in [2.45, 2.75) is 25.3 Å². The van der Waals surface area contributed by atoms with Crippen LogP contribution in [0.5, 0.6) is 0 Å². The first-order valence-electron chi connectivity index (χ1n) is 5.60. The average Bonchev–Trinajstić information content (AvgIpc) is 3.05. The standard InChI is InChI=1S/C12H10F2N2O2/c13-12(14)16-5-8-3-7(11(17)18)4-9(6-1-2-6)10(8)15-16/h3-6,12H,1-2H2,(H,17,18). The number of alkyl halides is 2. The average molecular weight is 252 g/mol. The predicted octanol–water partition coefficient (Wildman–Crippen LogP) is 3.01. The van der Waals surface area contributed by atoms with Crippen molar-refractivity contribution < 1.29 is 18.7 Å². The van der Waals surface area contributed by atoms with Gasteiger partial charge in [0.05, 0.1) is 11.1 Å². The molecule has 0 aliphatic heterocycles. The summed E-state index contributed by atoms with van der Waals surface area (Å²) in [5.74, 6) is -0.795. The van der Waals surface area contributed by atoms with E-state index in [1.165, 1.54) is 12.3 Å². The summed E-state index contributed by atoms with van der Waals surface area (Å²) < 4.78 is 25.8. The van der Waals surface area contributed by atoms with Crippen molar-refractivity contribution in [2.75, 3.05) is 0 Å². The molecule has 2 aromatic rings. The first kappa shape index (κ1) is 11.1. The molecular weight excluding hydrogens is 242 g/mol. The molecule has 1 aliphatic carbocycles. The molecule has 0 bridgehead atoms. The number of carbonyl (C=O) groups is 1. The van der Waals surface area contributed by atoms with Crippen molar-refractivity contribution in [2.24, 2.45) is 0 Å². The van der Waals surface area contributed by atoms with E-state index in [1.807, 2.05) is 0 Å². The maximum atomic E-state index is 12.6. The van der Waals surface area contributed by atoms with Crippen molar-refractivity contribution >= 4 is 16.9 Å². The number of hydrogen-bond donors (Lipinski definition) is 1. The summed E-state index contributed by atoms with van der Waals surface area (Å²) in [6.07, 6.45) is 3.11. The third-order valence-electron chi connectivity index (χ3n) is 3.12. The zero-order valence-electron chi connectivity index (χ0n) is 9.31. The highest BCUT2D eigenvalue weighted by atomic mass is 19.3. The number of fused-ring (bicyclic) bond motifs is 1. The van der Waals surface area contributed by atoms with Crippen LogP contribution < -0.4 is 0 Å². The molecule has 1 saturated carbocycles. The fraction of sp³-hybridized carbons (Fsp3) is 0.333. The Morgan fingerprint density at radius 2 is 2.17 bits per heavy atom. The van der Waals surface area contributed by atoms with Crippen molar-refractivity contribution in [3.05, 3.63) is 29.5 Å². The van der Waals surface area contributed by atoms with Gasteiger partial charge in [-0.25, -0.2) is 9.48 Å². The van der Waals surface area contributed by atoms with Crippen LogP contribution in [0.1, 0.15) is 41.2 Å². The smallest absolute Gasteiger partial charge is 0.335 e. The molecule has 0 atom stereocenters. The van der Waals surface area contributed by atoms with Gasteiger partial charge in [0.15, 0.2) is 0 Å². The molecule has 1 N–H and O–H groups in total. The lowest BCUT2D eigenvalue weighted by atomic mass is 10.0. The highest BCUT2D eigenvalue weighted by Crippen LogP contribution is 2.43. The molecule has 0 radical (unpaired) electrons. The predicted molar refractivity (Wildman–Crippen MR) is 59.9 cm³/mol. The minimum atomic E-state index is -2.71. The maximum Gasteiger partial charge on any atom is 0.335 e. The van der Waals surface area contributed by atoms with Crippen LogP contribution in [0.15, 0.2) is 18.3 Å². The second-order valence-electron chi connectivity index (χ2n) is 4.47. The molecule has 1 fully saturated rings. The first-order valence-corrected chi connectivity index (χ1v) is 5.60. The summed E-state index contributed by atoms with van der Waals surface area (Å²) in [6, 6.07) is 2.93. The van der Waals surface area contributed by atoms with E-state index in [4.69, 9.17) is 5.11 Å². The Balaban J connectivity index is 2.24. The largest absolute Gasteiger partial charge is 0.478 e. The normalized spacial score (nSPS) is 15.5. The summed E-state index contributed by atoms with van der Waals surface area (Å²) >= 11 is 0. The Bertz CT molecular complexity index is 632. The van der Waals surface area contributed by atoms with Gasteiger partial charge in [0.2, 0.25) is 0 Å². The molecule has 4 nitrogen and oxygen atoms in total. The van der Waals surface area contributed by atoms with E-state index in [-0.39, 0.29) is 11.5 Å². The number of hydrogen-bond acceptors (Lipinski definition) is 2. The van der Waals surface area contributed by atoms with E-state index in [2.05, 4.69) is 5.10 Å². The molecule has 6 heteroatoms. The van der Waals surface area contributed by atoms with Crippen molar-refractivity contribution in [1.29, 1.82) is 0 Å². The van der Waals surface area contributed by atoms with Crippen LogP contribution in [-0.2, 0) is 0 Å². The van der Waals surface area contributed by atoms with Gasteiger partial charge in [-0.1, -0.05) is 0 Å². The zero-order valence-corrected chi connectivity index (χ0v) is 9.31. The molecule has 0 unspecified atom stereocenters. The van der Waals surface area contributed by atoms with Gasteiger partial charge in [-0.2, -0.15) is 13.9 Å². The number of nitrogens with zero attached hydrogens (tertiary/aromatic N) is 2. The number of carboxylic acid groups (broad SMARTS) is 1. The van der Waals surface area contributed by atoms with Crippen LogP contribution >= 0.6 is 0 Å². The zero-order chi connectivity index (χ0) is 12.9. The van der Waals surface area contributed by atoms with E-state index in [9.17, 15) is 13.6 Å². The summed E-state index contributed by atoms with van der Waals surface area (Å²) in [6.45, 7) is -2.71. The number of rotatable bonds is 3. The topological polar surface area (TPSA) is 55.1 Å². The van der Waals surface area contributed by atoms with Gasteiger partial charge in [-0.15, -0.1) is 0 Å². The van der Waals surface area contributed by atoms with Gasteiger partial charge >= 0.3 is 12.5 Å². The summed E-state index contributed by atoms with van der Waals surface area (Å²) in [5.41, 5.74) is 1.38. The summed E-state index contributed by atoms with van der Waals surface area (Å²) in [5, 5.41) is 13.3. The highest BCUT2D eigenvalue weighted by Gasteiger charge is 2.28. The van der Waals surface area contributed by atoms with Crippen LogP contribution in [0.25, 0.3) is 10.9 Å². The Labute approximate surface area is 101 Å². The second-order valence-corrected chi connectivity index (χ2v) is 4.47. The van der Waals surface area contributed by atoms with Crippen molar-refractivity contribution in [3.8, 4) is 0 Å². The minimum Gasteiger partial charge on any atom is -0.478 e. The fourth-order valence-corrected chi connectivity index (χ4v) is 2.11. The van der Waals surface area contributed by atoms with E-state index in [0.717, 1.165) is 18.4 Å². The van der Waals surface area contributed by atoms with Crippen molar-refractivity contribution in [1.82, 2.24) is 9.78 Å². The molecule has 18 heavy (non-hydrogen) atoms. The number of carboxylic acids is 1. The number of benzene rings is 1. The van der Waals surface area contributed by atoms with Crippen LogP contribution in [0.3, 0.4) is 0 Å². The Morgan fingerprint density at radius 3 is 2.72 bits per heavy atom. The van der Waals surface area contributed by atoms with Crippen LogP contribution in [0.2, 0.25) is 0 Å². The first-order chi connectivity index (χ1) is 8.56. The Hall–Kier alpha value is -1.98. The van der Waals surface area contributed by atoms with Gasteiger partial charge in [0.25, 0.3) is 0 Å². The second kappa shape index (κ2) is 3.76. The maximum absolute atomic E-state index is 12.6. The lowest BCUT2D eigenvalue weighted by molar-refractivity contribution is 0.0573. The van der Waals surface area contributed by atoms with E-state index in [0.29, 0.717) is 15.6 Å². The molecule has 1 aliphatic rings. The van der Waals surface area contributed by atoms with Crippen LogP contribution in [0, 0.1) is 0 Å². The van der Waals surface area contributed by atoms with E-state index >= 15 is 0 Å². The molecule has 0 amide bonds. The fourth-order valence-electron chi connectivity index (χ4n) is 2.11. The molecular formula is C12H10F2N2O2. The lowest BCUT2D eigenvalue weighted by Crippen LogP contribution is -1.98. The minimum absolute atomic E-state index is 0.123. The van der Waals surface area contributed by atoms with Gasteiger partial charge in [-0.3, -0.25) is 0 Å². The molecule has 1 aromatic carbocycles. The number of halogens is 2. The molecule has 1 heterocycles. The van der Waals surface area contributed by atoms with Gasteiger partial charge in [0.1, 0.15) is 0 Å². The van der Waals surface area contributed by atoms with Gasteiger partial charge in [0, 0.05) is 11.6 Å². The highest BCUT2D eigenvalue weighted by molar-refractivity contribution is 5.95. The van der Waals surface area contributed by atoms with Crippen LogP contribution in [0.4, 0.5) is 8.78 Å². The van der Waals surface area contributed by atoms with E-state index in [1.54, 1.807) is 6.07 Å². The third kappa shape index (κ3) is 1.73. The summed E-state index contributed by atoms with van der Waals surface area (Å²) in [7, 11) is 0. The molecule has 0 spiro atoms. The number of aromatic nitrogens is 2. The van der Waals surface area contributed by atoms with Crippen LogP contribution in [-0.4, -0.2) is 20.9 Å². The SMILES string of the molecule is O=C(O)c1cc(C2CC2)c2nn(C(F)F)cc2c1. The Morgan fingerprint density at radius 1 is 1.44 bits per heavy atom. The monoisotopic (exact) mass is 252 g/mol. The van der Waals surface area contributed by atoms with Gasteiger partial charge < -0.3 is 5.11 Å². The van der Waals surface area contributed by atoms with Gasteiger partial charge in [-0.05, 0) is 36.5 Å².